The smallest absolute Gasteiger partial charge is 0.244 e. The Morgan fingerprint density at radius 1 is 1.35 bits per heavy atom. The van der Waals surface area contributed by atoms with Gasteiger partial charge in [-0.15, -0.1) is 0 Å². The maximum atomic E-state index is 12.4. The summed E-state index contributed by atoms with van der Waals surface area (Å²) < 4.78 is 7.04. The molecule has 1 aliphatic heterocycles. The van der Waals surface area contributed by atoms with E-state index in [1.807, 2.05) is 17.2 Å². The zero-order valence-electron chi connectivity index (χ0n) is 13.1. The van der Waals surface area contributed by atoms with Crippen molar-refractivity contribution in [2.45, 2.75) is 44.6 Å². The van der Waals surface area contributed by atoms with Gasteiger partial charge in [0.2, 0.25) is 11.8 Å². The SMILES string of the molecule is O=C(Cn1cccn1)N1CCCC(Cc2nc(C3CC3)no2)C1. The zero-order chi connectivity index (χ0) is 15.6. The number of aromatic nitrogens is 4. The monoisotopic (exact) mass is 315 g/mol. The Labute approximate surface area is 134 Å². The Kier molecular flexibility index (Phi) is 3.85. The van der Waals surface area contributed by atoms with Gasteiger partial charge in [-0.2, -0.15) is 10.1 Å². The summed E-state index contributed by atoms with van der Waals surface area (Å²) in [5, 5.41) is 8.17. The molecular weight excluding hydrogens is 294 g/mol. The van der Waals surface area contributed by atoms with Crippen LogP contribution < -0.4 is 0 Å². The van der Waals surface area contributed by atoms with Gasteiger partial charge in [-0.1, -0.05) is 5.16 Å². The second kappa shape index (κ2) is 6.14. The van der Waals surface area contributed by atoms with Crippen LogP contribution in [0.1, 0.15) is 43.3 Å². The molecule has 0 bridgehead atoms. The van der Waals surface area contributed by atoms with E-state index in [-0.39, 0.29) is 5.91 Å². The van der Waals surface area contributed by atoms with Crippen molar-refractivity contribution < 1.29 is 9.32 Å². The van der Waals surface area contributed by atoms with Gasteiger partial charge in [0.1, 0.15) is 6.54 Å². The molecule has 1 saturated carbocycles. The Bertz CT molecular complexity index is 662. The number of amides is 1. The number of hydrogen-bond acceptors (Lipinski definition) is 5. The van der Waals surface area contributed by atoms with E-state index in [0.29, 0.717) is 18.4 Å². The summed E-state index contributed by atoms with van der Waals surface area (Å²) in [4.78, 5) is 18.8. The fourth-order valence-corrected chi connectivity index (χ4v) is 3.20. The number of likely N-dealkylation sites (tertiary alicyclic amines) is 1. The van der Waals surface area contributed by atoms with Gasteiger partial charge in [-0.05, 0) is 37.7 Å². The quantitative estimate of drug-likeness (QED) is 0.838. The van der Waals surface area contributed by atoms with E-state index in [9.17, 15) is 4.79 Å². The maximum absolute atomic E-state index is 12.4. The highest BCUT2D eigenvalue weighted by Crippen LogP contribution is 2.38. The largest absolute Gasteiger partial charge is 0.341 e. The number of carbonyl (C=O) groups excluding carboxylic acids is 1. The molecule has 3 heterocycles. The van der Waals surface area contributed by atoms with Crippen LogP contribution in [0, 0.1) is 5.92 Å². The first kappa shape index (κ1) is 14.4. The van der Waals surface area contributed by atoms with Gasteiger partial charge >= 0.3 is 0 Å². The molecule has 0 aromatic carbocycles. The van der Waals surface area contributed by atoms with E-state index in [1.54, 1.807) is 10.9 Å². The molecule has 122 valence electrons. The van der Waals surface area contributed by atoms with Gasteiger partial charge in [0.05, 0.1) is 0 Å². The number of piperidine rings is 1. The van der Waals surface area contributed by atoms with Crippen molar-refractivity contribution in [2.24, 2.45) is 5.92 Å². The van der Waals surface area contributed by atoms with E-state index >= 15 is 0 Å². The minimum atomic E-state index is 0.127. The van der Waals surface area contributed by atoms with Crippen molar-refractivity contribution in [3.63, 3.8) is 0 Å². The third-order valence-corrected chi connectivity index (χ3v) is 4.62. The molecule has 0 spiro atoms. The zero-order valence-corrected chi connectivity index (χ0v) is 13.1. The molecule has 1 amide bonds. The van der Waals surface area contributed by atoms with E-state index < -0.39 is 0 Å². The van der Waals surface area contributed by atoms with E-state index in [2.05, 4.69) is 15.2 Å². The number of nitrogens with zero attached hydrogens (tertiary/aromatic N) is 5. The third-order valence-electron chi connectivity index (χ3n) is 4.62. The molecule has 7 heteroatoms. The first-order valence-electron chi connectivity index (χ1n) is 8.35. The number of hydrogen-bond donors (Lipinski definition) is 0. The van der Waals surface area contributed by atoms with Crippen molar-refractivity contribution in [3.05, 3.63) is 30.2 Å². The minimum absolute atomic E-state index is 0.127. The van der Waals surface area contributed by atoms with Crippen LogP contribution >= 0.6 is 0 Å². The molecule has 0 N–H and O–H groups in total. The summed E-state index contributed by atoms with van der Waals surface area (Å²) in [6.45, 7) is 1.90. The predicted octanol–water partition coefficient (Wildman–Crippen LogP) is 1.62. The highest BCUT2D eigenvalue weighted by molar-refractivity contribution is 5.76. The fraction of sp³-hybridized carbons (Fsp3) is 0.625. The summed E-state index contributed by atoms with van der Waals surface area (Å²) in [5.74, 6) is 2.63. The highest BCUT2D eigenvalue weighted by Gasteiger charge is 2.30. The normalized spacial score (nSPS) is 21.6. The molecule has 2 aliphatic rings. The number of rotatable bonds is 5. The topological polar surface area (TPSA) is 77.1 Å². The average Bonchev–Trinajstić information content (AvgIpc) is 3.09. The Morgan fingerprint density at radius 3 is 3.04 bits per heavy atom. The molecule has 2 aromatic heterocycles. The lowest BCUT2D eigenvalue weighted by Gasteiger charge is -2.32. The minimum Gasteiger partial charge on any atom is -0.341 e. The first-order valence-corrected chi connectivity index (χ1v) is 8.35. The lowest BCUT2D eigenvalue weighted by Crippen LogP contribution is -2.42. The summed E-state index contributed by atoms with van der Waals surface area (Å²) >= 11 is 0. The van der Waals surface area contributed by atoms with Crippen LogP contribution in [0.3, 0.4) is 0 Å². The standard InChI is InChI=1S/C16H21N5O2/c22-15(11-21-8-2-6-17-21)20-7-1-3-12(10-20)9-14-18-16(19-23-14)13-4-5-13/h2,6,8,12-13H,1,3-5,7,9-11H2. The van der Waals surface area contributed by atoms with Crippen LogP contribution in [0.25, 0.3) is 0 Å². The molecule has 2 fully saturated rings. The molecule has 4 rings (SSSR count). The molecule has 1 aliphatic carbocycles. The molecule has 0 radical (unpaired) electrons. The maximum Gasteiger partial charge on any atom is 0.244 e. The summed E-state index contributed by atoms with van der Waals surface area (Å²) in [7, 11) is 0. The molecule has 23 heavy (non-hydrogen) atoms. The van der Waals surface area contributed by atoms with E-state index in [1.165, 1.54) is 12.8 Å². The van der Waals surface area contributed by atoms with Crippen LogP contribution in [-0.4, -0.2) is 43.8 Å². The van der Waals surface area contributed by atoms with Gasteiger partial charge < -0.3 is 9.42 Å². The van der Waals surface area contributed by atoms with Gasteiger partial charge in [0, 0.05) is 37.8 Å². The van der Waals surface area contributed by atoms with Crippen LogP contribution in [0.15, 0.2) is 23.0 Å². The summed E-state index contributed by atoms with van der Waals surface area (Å²) in [6.07, 6.45) is 8.77. The molecule has 2 aromatic rings. The van der Waals surface area contributed by atoms with E-state index in [4.69, 9.17) is 4.52 Å². The molecule has 1 unspecified atom stereocenters. The lowest BCUT2D eigenvalue weighted by atomic mass is 9.94. The first-order chi connectivity index (χ1) is 11.3. The predicted molar refractivity (Wildman–Crippen MR) is 81.5 cm³/mol. The van der Waals surface area contributed by atoms with Crippen LogP contribution in [-0.2, 0) is 17.8 Å². The van der Waals surface area contributed by atoms with Crippen LogP contribution in [0.4, 0.5) is 0 Å². The lowest BCUT2D eigenvalue weighted by molar-refractivity contribution is -0.133. The summed E-state index contributed by atoms with van der Waals surface area (Å²) in [5.41, 5.74) is 0. The molecule has 7 nitrogen and oxygen atoms in total. The van der Waals surface area contributed by atoms with Crippen molar-refractivity contribution >= 4 is 5.91 Å². The molecule has 1 atom stereocenters. The Balaban J connectivity index is 1.33. The van der Waals surface area contributed by atoms with Crippen molar-refractivity contribution in [3.8, 4) is 0 Å². The molecular formula is C16H21N5O2. The van der Waals surface area contributed by atoms with E-state index in [0.717, 1.165) is 44.1 Å². The third kappa shape index (κ3) is 3.43. The van der Waals surface area contributed by atoms with Crippen molar-refractivity contribution in [2.75, 3.05) is 13.1 Å². The number of carbonyl (C=O) groups is 1. The van der Waals surface area contributed by atoms with Crippen LogP contribution in [0.5, 0.6) is 0 Å². The summed E-state index contributed by atoms with van der Waals surface area (Å²) in [6, 6.07) is 1.83. The van der Waals surface area contributed by atoms with Gasteiger partial charge in [0.15, 0.2) is 5.82 Å². The fourth-order valence-electron chi connectivity index (χ4n) is 3.20. The van der Waals surface area contributed by atoms with Gasteiger partial charge in [-0.3, -0.25) is 9.48 Å². The Morgan fingerprint density at radius 2 is 2.26 bits per heavy atom. The second-order valence-corrected chi connectivity index (χ2v) is 6.58. The second-order valence-electron chi connectivity index (χ2n) is 6.58. The van der Waals surface area contributed by atoms with Gasteiger partial charge in [0.25, 0.3) is 0 Å². The van der Waals surface area contributed by atoms with Crippen LogP contribution in [0.2, 0.25) is 0 Å². The Hall–Kier alpha value is -2.18. The highest BCUT2D eigenvalue weighted by atomic mass is 16.5. The van der Waals surface area contributed by atoms with Crippen molar-refractivity contribution in [1.82, 2.24) is 24.8 Å². The van der Waals surface area contributed by atoms with Gasteiger partial charge in [-0.25, -0.2) is 0 Å². The van der Waals surface area contributed by atoms with Crippen molar-refractivity contribution in [1.29, 1.82) is 0 Å². The average molecular weight is 315 g/mol. The molecule has 1 saturated heterocycles.